The lowest BCUT2D eigenvalue weighted by atomic mass is 10.0. The molecule has 27 heavy (non-hydrogen) atoms. The van der Waals surface area contributed by atoms with Gasteiger partial charge < -0.3 is 14.7 Å². The molecule has 4 rings (SSSR count). The summed E-state index contributed by atoms with van der Waals surface area (Å²) < 4.78 is 5.63. The van der Waals surface area contributed by atoms with E-state index in [0.29, 0.717) is 18.2 Å². The first-order valence-electron chi connectivity index (χ1n) is 9.80. The number of hydrogen-bond acceptors (Lipinski definition) is 3. The number of nitrogens with one attached hydrogen (secondary N) is 2. The van der Waals surface area contributed by atoms with E-state index in [4.69, 9.17) is 4.42 Å². The highest BCUT2D eigenvalue weighted by Crippen LogP contribution is 2.25. The van der Waals surface area contributed by atoms with Gasteiger partial charge in [-0.3, -0.25) is 9.69 Å². The average Bonchev–Trinajstić information content (AvgIpc) is 3.42. The van der Waals surface area contributed by atoms with E-state index in [1.165, 1.54) is 18.4 Å². The van der Waals surface area contributed by atoms with Crippen LogP contribution in [0.5, 0.6) is 0 Å². The molecule has 1 aromatic carbocycles. The zero-order valence-corrected chi connectivity index (χ0v) is 16.0. The van der Waals surface area contributed by atoms with Crippen molar-refractivity contribution >= 4 is 16.8 Å². The highest BCUT2D eigenvalue weighted by atomic mass is 16.3. The molecule has 0 aliphatic carbocycles. The summed E-state index contributed by atoms with van der Waals surface area (Å²) in [6, 6.07) is 12.2. The van der Waals surface area contributed by atoms with E-state index >= 15 is 0 Å². The van der Waals surface area contributed by atoms with Crippen molar-refractivity contribution in [2.24, 2.45) is 0 Å². The van der Waals surface area contributed by atoms with E-state index in [9.17, 15) is 4.79 Å². The van der Waals surface area contributed by atoms with Gasteiger partial charge in [0.25, 0.3) is 5.91 Å². The van der Waals surface area contributed by atoms with Crippen molar-refractivity contribution in [1.82, 2.24) is 15.2 Å². The molecule has 1 aliphatic rings. The average molecular weight is 365 g/mol. The van der Waals surface area contributed by atoms with Crippen LogP contribution in [-0.4, -0.2) is 35.4 Å². The summed E-state index contributed by atoms with van der Waals surface area (Å²) in [7, 11) is 0. The third kappa shape index (κ3) is 3.78. The van der Waals surface area contributed by atoms with E-state index in [2.05, 4.69) is 47.2 Å². The predicted octanol–water partition coefficient (Wildman–Crippen LogP) is 4.45. The maximum atomic E-state index is 12.7. The van der Waals surface area contributed by atoms with E-state index in [1.807, 2.05) is 18.2 Å². The van der Waals surface area contributed by atoms with Gasteiger partial charge in [0.05, 0.1) is 12.3 Å². The summed E-state index contributed by atoms with van der Waals surface area (Å²) >= 11 is 0. The second kappa shape index (κ2) is 7.61. The second-order valence-electron chi connectivity index (χ2n) is 7.67. The van der Waals surface area contributed by atoms with Gasteiger partial charge in [-0.15, -0.1) is 0 Å². The van der Waals surface area contributed by atoms with Gasteiger partial charge in [0.1, 0.15) is 11.5 Å². The zero-order valence-electron chi connectivity index (χ0n) is 16.0. The maximum absolute atomic E-state index is 12.7. The number of benzene rings is 1. The summed E-state index contributed by atoms with van der Waals surface area (Å²) in [4.78, 5) is 18.4. The molecular formula is C22H27N3O2. The molecule has 5 nitrogen and oxygen atoms in total. The summed E-state index contributed by atoms with van der Waals surface area (Å²) in [5, 5.41) is 4.15. The Morgan fingerprint density at radius 1 is 1.22 bits per heavy atom. The van der Waals surface area contributed by atoms with Crippen LogP contribution in [0.15, 0.2) is 47.1 Å². The molecule has 3 aromatic rings. The Bertz CT molecular complexity index is 905. The molecule has 1 aliphatic heterocycles. The van der Waals surface area contributed by atoms with Crippen molar-refractivity contribution < 1.29 is 9.21 Å². The molecule has 1 atom stereocenters. The lowest BCUT2D eigenvalue weighted by Crippen LogP contribution is -2.36. The van der Waals surface area contributed by atoms with Crippen LogP contribution in [0.1, 0.15) is 60.5 Å². The number of carbonyl (C=O) groups excluding carboxylic acids is 1. The van der Waals surface area contributed by atoms with Crippen molar-refractivity contribution in [1.29, 1.82) is 0 Å². The molecule has 0 saturated carbocycles. The maximum Gasteiger partial charge on any atom is 0.267 e. The Hall–Kier alpha value is -2.53. The van der Waals surface area contributed by atoms with Crippen molar-refractivity contribution in [3.05, 3.63) is 59.7 Å². The molecule has 0 radical (unpaired) electrons. The number of aromatic nitrogens is 1. The van der Waals surface area contributed by atoms with Gasteiger partial charge in [-0.1, -0.05) is 26.0 Å². The monoisotopic (exact) mass is 365 g/mol. The second-order valence-corrected chi connectivity index (χ2v) is 7.67. The number of H-pyrrole nitrogens is 1. The fourth-order valence-corrected chi connectivity index (χ4v) is 3.85. The van der Waals surface area contributed by atoms with Crippen LogP contribution in [0.2, 0.25) is 0 Å². The third-order valence-corrected chi connectivity index (χ3v) is 5.47. The minimum absolute atomic E-state index is 0.0759. The van der Waals surface area contributed by atoms with Crippen LogP contribution in [0.25, 0.3) is 10.9 Å². The van der Waals surface area contributed by atoms with Gasteiger partial charge in [0.15, 0.2) is 0 Å². The number of carbonyl (C=O) groups is 1. The van der Waals surface area contributed by atoms with Gasteiger partial charge in [-0.2, -0.15) is 0 Å². The van der Waals surface area contributed by atoms with Crippen molar-refractivity contribution in [2.45, 2.75) is 38.6 Å². The van der Waals surface area contributed by atoms with Gasteiger partial charge in [0, 0.05) is 17.4 Å². The summed E-state index contributed by atoms with van der Waals surface area (Å²) in [5.41, 5.74) is 2.88. The van der Waals surface area contributed by atoms with E-state index < -0.39 is 0 Å². The minimum atomic E-state index is -0.0759. The molecule has 1 amide bonds. The summed E-state index contributed by atoms with van der Waals surface area (Å²) in [5.74, 6) is 1.30. The number of hydrogen-bond donors (Lipinski definition) is 2. The molecule has 3 heterocycles. The standard InChI is InChI=1S/C22H27N3O2/c1-15(2)16-7-8-17-13-19(24-18(17)12-16)22(26)23-14-20(21-6-5-11-27-21)25-9-3-4-10-25/h5-8,11-13,15,20,24H,3-4,9-10,14H2,1-2H3,(H,23,26)/t20-/m0/s1. The smallest absolute Gasteiger partial charge is 0.267 e. The molecule has 5 heteroatoms. The Labute approximate surface area is 159 Å². The van der Waals surface area contributed by atoms with E-state index in [0.717, 1.165) is 29.8 Å². The Morgan fingerprint density at radius 3 is 2.74 bits per heavy atom. The molecule has 1 saturated heterocycles. The number of amides is 1. The molecule has 0 unspecified atom stereocenters. The van der Waals surface area contributed by atoms with Gasteiger partial charge in [0.2, 0.25) is 0 Å². The first kappa shape index (κ1) is 17.9. The molecule has 142 valence electrons. The van der Waals surface area contributed by atoms with Crippen molar-refractivity contribution in [3.63, 3.8) is 0 Å². The number of aromatic amines is 1. The molecule has 0 spiro atoms. The zero-order chi connectivity index (χ0) is 18.8. The molecule has 2 N–H and O–H groups in total. The lowest BCUT2D eigenvalue weighted by molar-refractivity contribution is 0.0929. The highest BCUT2D eigenvalue weighted by molar-refractivity contribution is 5.98. The first-order chi connectivity index (χ1) is 13.1. The van der Waals surface area contributed by atoms with Gasteiger partial charge >= 0.3 is 0 Å². The van der Waals surface area contributed by atoms with Crippen LogP contribution in [-0.2, 0) is 0 Å². The summed E-state index contributed by atoms with van der Waals surface area (Å²) in [6.07, 6.45) is 4.10. The molecule has 2 aromatic heterocycles. The van der Waals surface area contributed by atoms with Gasteiger partial charge in [-0.25, -0.2) is 0 Å². The van der Waals surface area contributed by atoms with E-state index in [-0.39, 0.29) is 11.9 Å². The normalized spacial score (nSPS) is 16.3. The fraction of sp³-hybridized carbons (Fsp3) is 0.409. The Balaban J connectivity index is 1.48. The predicted molar refractivity (Wildman–Crippen MR) is 107 cm³/mol. The number of furan rings is 1. The van der Waals surface area contributed by atoms with Crippen LogP contribution in [0, 0.1) is 0 Å². The minimum Gasteiger partial charge on any atom is -0.468 e. The SMILES string of the molecule is CC(C)c1ccc2cc(C(=O)NC[C@@H](c3ccco3)N3CCCC3)[nH]c2c1. The quantitative estimate of drug-likeness (QED) is 0.678. The number of rotatable bonds is 6. The van der Waals surface area contributed by atoms with Crippen molar-refractivity contribution in [2.75, 3.05) is 19.6 Å². The molecular weight excluding hydrogens is 338 g/mol. The van der Waals surface area contributed by atoms with Crippen molar-refractivity contribution in [3.8, 4) is 0 Å². The lowest BCUT2D eigenvalue weighted by Gasteiger charge is -2.25. The largest absolute Gasteiger partial charge is 0.468 e. The highest BCUT2D eigenvalue weighted by Gasteiger charge is 2.26. The summed E-state index contributed by atoms with van der Waals surface area (Å²) in [6.45, 7) is 6.98. The van der Waals surface area contributed by atoms with Crippen LogP contribution in [0.4, 0.5) is 0 Å². The van der Waals surface area contributed by atoms with Gasteiger partial charge in [-0.05, 0) is 61.7 Å². The molecule has 0 bridgehead atoms. The van der Waals surface area contributed by atoms with Crippen LogP contribution < -0.4 is 5.32 Å². The third-order valence-electron chi connectivity index (χ3n) is 5.47. The van der Waals surface area contributed by atoms with E-state index in [1.54, 1.807) is 6.26 Å². The number of fused-ring (bicyclic) bond motifs is 1. The number of nitrogens with zero attached hydrogens (tertiary/aromatic N) is 1. The Kier molecular flexibility index (Phi) is 5.03. The van der Waals surface area contributed by atoms with Crippen LogP contribution >= 0.6 is 0 Å². The topological polar surface area (TPSA) is 61.3 Å². The first-order valence-corrected chi connectivity index (χ1v) is 9.80. The Morgan fingerprint density at radius 2 is 2.04 bits per heavy atom. The number of likely N-dealkylation sites (tertiary alicyclic amines) is 1. The molecule has 1 fully saturated rings. The van der Waals surface area contributed by atoms with Crippen LogP contribution in [0.3, 0.4) is 0 Å². The fourth-order valence-electron chi connectivity index (χ4n) is 3.85.